The molecule has 7 heteroatoms. The van der Waals surface area contributed by atoms with Gasteiger partial charge in [-0.1, -0.05) is 0 Å². The fourth-order valence-electron chi connectivity index (χ4n) is 1.67. The number of hydrogen-bond acceptors (Lipinski definition) is 4. The number of aromatic nitrogens is 2. The van der Waals surface area contributed by atoms with Gasteiger partial charge in [0.15, 0.2) is 0 Å². The van der Waals surface area contributed by atoms with E-state index in [-0.39, 0.29) is 12.3 Å². The maximum atomic E-state index is 13.5. The zero-order chi connectivity index (χ0) is 14.7. The first-order valence-corrected chi connectivity index (χ1v) is 5.88. The second kappa shape index (κ2) is 5.68. The Morgan fingerprint density at radius 2 is 2.15 bits per heavy atom. The molecule has 5 nitrogen and oxygen atoms in total. The number of imidazole rings is 1. The van der Waals surface area contributed by atoms with Crippen molar-refractivity contribution < 1.29 is 18.3 Å². The minimum Gasteiger partial charge on any atom is -0.460 e. The van der Waals surface area contributed by atoms with E-state index in [1.807, 2.05) is 0 Å². The summed E-state index contributed by atoms with van der Waals surface area (Å²) in [4.78, 5) is 15.7. The summed E-state index contributed by atoms with van der Waals surface area (Å²) >= 11 is 0. The van der Waals surface area contributed by atoms with E-state index in [4.69, 9.17) is 10.5 Å². The van der Waals surface area contributed by atoms with Gasteiger partial charge in [0.1, 0.15) is 24.1 Å². The standard InChI is InChI=1S/C13H13F2N3O2/c1-8-17-2-3-18(8)4-5-20-13(19)9-6-11(15)12(16)7-10(9)14/h2-3,6-7H,4-5,16H2,1H3. The molecule has 2 N–H and O–H groups in total. The maximum absolute atomic E-state index is 13.5. The molecule has 0 amide bonds. The molecule has 0 unspecified atom stereocenters. The third-order valence-corrected chi connectivity index (χ3v) is 2.80. The summed E-state index contributed by atoms with van der Waals surface area (Å²) in [7, 11) is 0. The van der Waals surface area contributed by atoms with E-state index in [2.05, 4.69) is 4.98 Å². The average Bonchev–Trinajstić information content (AvgIpc) is 2.79. The largest absolute Gasteiger partial charge is 0.460 e. The highest BCUT2D eigenvalue weighted by atomic mass is 19.1. The van der Waals surface area contributed by atoms with Crippen molar-refractivity contribution in [1.29, 1.82) is 0 Å². The van der Waals surface area contributed by atoms with Crippen molar-refractivity contribution >= 4 is 11.7 Å². The van der Waals surface area contributed by atoms with E-state index in [1.54, 1.807) is 23.9 Å². The van der Waals surface area contributed by atoms with Crippen molar-refractivity contribution in [3.8, 4) is 0 Å². The van der Waals surface area contributed by atoms with Crippen LogP contribution < -0.4 is 5.73 Å². The first-order chi connectivity index (χ1) is 9.49. The summed E-state index contributed by atoms with van der Waals surface area (Å²) in [5.74, 6) is -1.93. The average molecular weight is 281 g/mol. The molecule has 0 fully saturated rings. The zero-order valence-electron chi connectivity index (χ0n) is 10.8. The summed E-state index contributed by atoms with van der Waals surface area (Å²) in [6.45, 7) is 2.22. The van der Waals surface area contributed by atoms with Gasteiger partial charge in [-0.2, -0.15) is 0 Å². The lowest BCUT2D eigenvalue weighted by Crippen LogP contribution is -2.14. The van der Waals surface area contributed by atoms with E-state index in [1.165, 1.54) is 0 Å². The van der Waals surface area contributed by atoms with Crippen LogP contribution in [0.25, 0.3) is 0 Å². The lowest BCUT2D eigenvalue weighted by molar-refractivity contribution is 0.0485. The molecule has 0 bridgehead atoms. The third kappa shape index (κ3) is 2.93. The van der Waals surface area contributed by atoms with Gasteiger partial charge in [-0.3, -0.25) is 0 Å². The number of carbonyl (C=O) groups excluding carboxylic acids is 1. The Morgan fingerprint density at radius 3 is 2.80 bits per heavy atom. The van der Waals surface area contributed by atoms with Crippen LogP contribution in [0.2, 0.25) is 0 Å². The second-order valence-corrected chi connectivity index (χ2v) is 4.16. The quantitative estimate of drug-likeness (QED) is 0.686. The molecule has 0 aliphatic rings. The van der Waals surface area contributed by atoms with Gasteiger partial charge < -0.3 is 15.0 Å². The van der Waals surface area contributed by atoms with Crippen LogP contribution in [0.4, 0.5) is 14.5 Å². The van der Waals surface area contributed by atoms with Crippen molar-refractivity contribution in [2.45, 2.75) is 13.5 Å². The second-order valence-electron chi connectivity index (χ2n) is 4.16. The van der Waals surface area contributed by atoms with Crippen LogP contribution >= 0.6 is 0 Å². The summed E-state index contributed by atoms with van der Waals surface area (Å²) in [6, 6.07) is 1.49. The van der Waals surface area contributed by atoms with Crippen LogP contribution in [-0.2, 0) is 11.3 Å². The molecule has 1 aromatic carbocycles. The van der Waals surface area contributed by atoms with Crippen molar-refractivity contribution in [1.82, 2.24) is 9.55 Å². The number of halogens is 2. The minimum absolute atomic E-state index is 0.0292. The van der Waals surface area contributed by atoms with Crippen LogP contribution in [0.3, 0.4) is 0 Å². The molecule has 0 atom stereocenters. The number of nitrogen functional groups attached to an aromatic ring is 1. The van der Waals surface area contributed by atoms with E-state index in [0.29, 0.717) is 6.54 Å². The van der Waals surface area contributed by atoms with Crippen LogP contribution in [0.1, 0.15) is 16.2 Å². The molecule has 106 valence electrons. The SMILES string of the molecule is Cc1nccn1CCOC(=O)c1cc(F)c(N)cc1F. The van der Waals surface area contributed by atoms with Gasteiger partial charge in [0.05, 0.1) is 17.8 Å². The number of nitrogens with zero attached hydrogens (tertiary/aromatic N) is 2. The topological polar surface area (TPSA) is 70.1 Å². The number of hydrogen-bond donors (Lipinski definition) is 1. The molecule has 0 saturated carbocycles. The molecule has 0 aliphatic carbocycles. The number of ether oxygens (including phenoxy) is 1. The monoisotopic (exact) mass is 281 g/mol. The Hall–Kier alpha value is -2.44. The number of esters is 1. The van der Waals surface area contributed by atoms with Crippen molar-refractivity contribution in [2.75, 3.05) is 12.3 Å². The predicted molar refractivity (Wildman–Crippen MR) is 68.0 cm³/mol. The molecule has 20 heavy (non-hydrogen) atoms. The zero-order valence-corrected chi connectivity index (χ0v) is 10.8. The fraction of sp³-hybridized carbons (Fsp3) is 0.231. The van der Waals surface area contributed by atoms with E-state index in [9.17, 15) is 13.6 Å². The summed E-state index contributed by atoms with van der Waals surface area (Å²) in [5.41, 5.74) is 4.37. The fourth-order valence-corrected chi connectivity index (χ4v) is 1.67. The molecular formula is C13H13F2N3O2. The van der Waals surface area contributed by atoms with Gasteiger partial charge in [-0.25, -0.2) is 18.6 Å². The number of aryl methyl sites for hydroxylation is 1. The number of nitrogens with two attached hydrogens (primary N) is 1. The van der Waals surface area contributed by atoms with E-state index >= 15 is 0 Å². The molecule has 1 aromatic heterocycles. The van der Waals surface area contributed by atoms with Crippen LogP contribution in [0.15, 0.2) is 24.5 Å². The lowest BCUT2D eigenvalue weighted by atomic mass is 10.2. The molecular weight excluding hydrogens is 268 g/mol. The first-order valence-electron chi connectivity index (χ1n) is 5.88. The van der Waals surface area contributed by atoms with Crippen LogP contribution in [-0.4, -0.2) is 22.1 Å². The van der Waals surface area contributed by atoms with Crippen LogP contribution in [0.5, 0.6) is 0 Å². The molecule has 0 saturated heterocycles. The highest BCUT2D eigenvalue weighted by Gasteiger charge is 2.16. The van der Waals surface area contributed by atoms with Gasteiger partial charge in [0.25, 0.3) is 0 Å². The van der Waals surface area contributed by atoms with E-state index < -0.39 is 23.2 Å². The maximum Gasteiger partial charge on any atom is 0.341 e. The Morgan fingerprint density at radius 1 is 1.40 bits per heavy atom. The van der Waals surface area contributed by atoms with Crippen molar-refractivity contribution in [3.63, 3.8) is 0 Å². The highest BCUT2D eigenvalue weighted by Crippen LogP contribution is 2.17. The molecule has 1 heterocycles. The van der Waals surface area contributed by atoms with Crippen molar-refractivity contribution in [3.05, 3.63) is 47.5 Å². The normalized spacial score (nSPS) is 10.6. The molecule has 0 radical (unpaired) electrons. The Bertz CT molecular complexity index is 641. The van der Waals surface area contributed by atoms with Gasteiger partial charge in [-0.05, 0) is 13.0 Å². The van der Waals surface area contributed by atoms with Crippen LogP contribution in [0, 0.1) is 18.6 Å². The van der Waals surface area contributed by atoms with Gasteiger partial charge in [0, 0.05) is 18.5 Å². The van der Waals surface area contributed by atoms with Crippen molar-refractivity contribution in [2.24, 2.45) is 0 Å². The molecule has 0 spiro atoms. The Labute approximate surface area is 114 Å². The number of rotatable bonds is 4. The summed E-state index contributed by atoms with van der Waals surface area (Å²) in [5, 5.41) is 0. The molecule has 2 aromatic rings. The molecule has 0 aliphatic heterocycles. The first kappa shape index (κ1) is 14.0. The Kier molecular flexibility index (Phi) is 3.97. The predicted octanol–water partition coefficient (Wildman–Crippen LogP) is 1.91. The van der Waals surface area contributed by atoms with Gasteiger partial charge >= 0.3 is 5.97 Å². The summed E-state index contributed by atoms with van der Waals surface area (Å²) in [6.07, 6.45) is 3.35. The summed E-state index contributed by atoms with van der Waals surface area (Å²) < 4.78 is 33.4. The number of carbonyl (C=O) groups is 1. The molecule has 2 rings (SSSR count). The minimum atomic E-state index is -0.931. The third-order valence-electron chi connectivity index (χ3n) is 2.80. The highest BCUT2D eigenvalue weighted by molar-refractivity contribution is 5.90. The van der Waals surface area contributed by atoms with Gasteiger partial charge in [-0.15, -0.1) is 0 Å². The lowest BCUT2D eigenvalue weighted by Gasteiger charge is -2.08. The smallest absolute Gasteiger partial charge is 0.341 e. The number of benzene rings is 1. The Balaban J connectivity index is 1.99. The van der Waals surface area contributed by atoms with E-state index in [0.717, 1.165) is 18.0 Å². The van der Waals surface area contributed by atoms with Gasteiger partial charge in [0.2, 0.25) is 0 Å². The number of anilines is 1.